The van der Waals surface area contributed by atoms with Crippen molar-refractivity contribution in [2.75, 3.05) is 11.5 Å². The number of benzene rings is 5. The summed E-state index contributed by atoms with van der Waals surface area (Å²) in [5.74, 6) is 3.98. The first-order valence-corrected chi connectivity index (χ1v) is 19.5. The maximum Gasteiger partial charge on any atom is 0.130 e. The molecule has 6 rings (SSSR count). The van der Waals surface area contributed by atoms with E-state index in [1.807, 2.05) is 50.2 Å². The first-order valence-electron chi connectivity index (χ1n) is 19.5. The van der Waals surface area contributed by atoms with Crippen LogP contribution in [0.15, 0.2) is 97.1 Å². The van der Waals surface area contributed by atoms with Gasteiger partial charge in [-0.2, -0.15) is 0 Å². The van der Waals surface area contributed by atoms with Gasteiger partial charge in [-0.05, 0) is 165 Å². The number of ether oxygens (including phenoxy) is 2. The van der Waals surface area contributed by atoms with Crippen molar-refractivity contribution in [2.24, 2.45) is 0 Å². The third-order valence-electron chi connectivity index (χ3n) is 11.4. The Morgan fingerprint density at radius 3 is 1.54 bits per heavy atom. The molecule has 52 heavy (non-hydrogen) atoms. The Labute approximate surface area is 312 Å². The van der Waals surface area contributed by atoms with Crippen molar-refractivity contribution >= 4 is 11.4 Å². The molecule has 4 nitrogen and oxygen atoms in total. The third-order valence-corrected chi connectivity index (χ3v) is 11.4. The van der Waals surface area contributed by atoms with Crippen molar-refractivity contribution in [1.29, 1.82) is 0 Å². The monoisotopic (exact) mass is 694 g/mol. The summed E-state index contributed by atoms with van der Waals surface area (Å²) in [5, 5.41) is 0. The SMILES string of the molecule is CCCCCCCCc1cccc(C2CCC(c3ccc(Oc4ccc(N)cc4C)c(C)c3)(c3ccc(Oc4ccc(N)cc4C)c(C)c3)CC2)c1. The zero-order valence-corrected chi connectivity index (χ0v) is 32.1. The van der Waals surface area contributed by atoms with Gasteiger partial charge in [0.1, 0.15) is 23.0 Å². The van der Waals surface area contributed by atoms with E-state index in [1.165, 1.54) is 67.2 Å². The fourth-order valence-electron chi connectivity index (χ4n) is 8.23. The minimum absolute atomic E-state index is 0.118. The lowest BCUT2D eigenvalue weighted by atomic mass is 9.62. The van der Waals surface area contributed by atoms with Gasteiger partial charge in [0.05, 0.1) is 0 Å². The number of hydrogen-bond acceptors (Lipinski definition) is 4. The van der Waals surface area contributed by atoms with Crippen LogP contribution in [0.4, 0.5) is 11.4 Å². The van der Waals surface area contributed by atoms with Gasteiger partial charge in [0.2, 0.25) is 0 Å². The second-order valence-corrected chi connectivity index (χ2v) is 15.3. The van der Waals surface area contributed by atoms with Gasteiger partial charge >= 0.3 is 0 Å². The predicted molar refractivity (Wildman–Crippen MR) is 219 cm³/mol. The molecule has 0 aliphatic heterocycles. The van der Waals surface area contributed by atoms with Crippen LogP contribution in [-0.4, -0.2) is 0 Å². The molecule has 0 atom stereocenters. The van der Waals surface area contributed by atoms with Crippen LogP contribution >= 0.6 is 0 Å². The minimum Gasteiger partial charge on any atom is -0.457 e. The summed E-state index contributed by atoms with van der Waals surface area (Å²) in [6.45, 7) is 10.7. The van der Waals surface area contributed by atoms with E-state index in [9.17, 15) is 0 Å². The third kappa shape index (κ3) is 8.66. The number of aryl methyl sites for hydroxylation is 5. The first-order chi connectivity index (χ1) is 25.1. The maximum atomic E-state index is 6.44. The highest BCUT2D eigenvalue weighted by molar-refractivity contribution is 5.53. The Balaban J connectivity index is 1.26. The Morgan fingerprint density at radius 2 is 1.04 bits per heavy atom. The van der Waals surface area contributed by atoms with Gasteiger partial charge in [0.25, 0.3) is 0 Å². The molecule has 272 valence electrons. The van der Waals surface area contributed by atoms with Crippen LogP contribution in [0.3, 0.4) is 0 Å². The largest absolute Gasteiger partial charge is 0.457 e. The number of nitrogens with two attached hydrogens (primary N) is 2. The Morgan fingerprint density at radius 1 is 0.558 bits per heavy atom. The van der Waals surface area contributed by atoms with Gasteiger partial charge in [-0.1, -0.05) is 87.6 Å². The number of anilines is 2. The zero-order valence-electron chi connectivity index (χ0n) is 32.1. The molecule has 0 saturated heterocycles. The average molecular weight is 695 g/mol. The minimum atomic E-state index is -0.118. The Bertz CT molecular complexity index is 1870. The molecule has 1 saturated carbocycles. The Kier molecular flexibility index (Phi) is 11.9. The molecule has 0 amide bonds. The van der Waals surface area contributed by atoms with E-state index >= 15 is 0 Å². The Hall–Kier alpha value is -4.70. The molecule has 1 fully saturated rings. The molecule has 0 aromatic heterocycles. The maximum absolute atomic E-state index is 6.44. The number of nitrogen functional groups attached to an aromatic ring is 2. The van der Waals surface area contributed by atoms with Crippen LogP contribution in [0.5, 0.6) is 23.0 Å². The van der Waals surface area contributed by atoms with Gasteiger partial charge in [-0.15, -0.1) is 0 Å². The van der Waals surface area contributed by atoms with Crippen LogP contribution in [0, 0.1) is 27.7 Å². The number of unbranched alkanes of at least 4 members (excludes halogenated alkanes) is 5. The van der Waals surface area contributed by atoms with Crippen molar-refractivity contribution in [2.45, 2.75) is 117 Å². The van der Waals surface area contributed by atoms with Crippen molar-refractivity contribution in [1.82, 2.24) is 0 Å². The highest BCUT2D eigenvalue weighted by Gasteiger charge is 2.39. The van der Waals surface area contributed by atoms with Gasteiger partial charge in [-0.3, -0.25) is 0 Å². The lowest BCUT2D eigenvalue weighted by Crippen LogP contribution is -2.33. The standard InChI is InChI=1S/C48H58N2O2/c1-6-7-8-9-10-11-13-37-14-12-15-39(32-37)38-24-26-48(27-25-38,40-16-20-44(33(2)28-40)51-46-22-18-42(49)30-35(46)4)41-17-21-45(34(3)29-41)52-47-23-19-43(50)31-36(47)5/h12,14-23,28-32,38H,6-11,13,24-27,49-50H2,1-5H3. The first kappa shape index (κ1) is 37.1. The smallest absolute Gasteiger partial charge is 0.130 e. The molecule has 5 aromatic rings. The summed E-state index contributed by atoms with van der Waals surface area (Å²) in [6, 6.07) is 34.8. The fraction of sp³-hybridized carbons (Fsp3) is 0.375. The second-order valence-electron chi connectivity index (χ2n) is 15.3. The summed E-state index contributed by atoms with van der Waals surface area (Å²) >= 11 is 0. The molecule has 0 heterocycles. The van der Waals surface area contributed by atoms with Gasteiger partial charge in [0, 0.05) is 16.8 Å². The average Bonchev–Trinajstić information content (AvgIpc) is 3.13. The molecule has 0 bridgehead atoms. The van der Waals surface area contributed by atoms with E-state index in [0.717, 1.165) is 82.3 Å². The van der Waals surface area contributed by atoms with E-state index in [0.29, 0.717) is 5.92 Å². The summed E-state index contributed by atoms with van der Waals surface area (Å²) in [5.41, 5.74) is 23.4. The van der Waals surface area contributed by atoms with Crippen molar-refractivity contribution in [3.8, 4) is 23.0 Å². The number of hydrogen-bond donors (Lipinski definition) is 2. The summed E-state index contributed by atoms with van der Waals surface area (Å²) < 4.78 is 12.9. The number of rotatable bonds is 14. The van der Waals surface area contributed by atoms with Crippen LogP contribution in [0.1, 0.15) is 122 Å². The van der Waals surface area contributed by atoms with E-state index in [2.05, 4.69) is 81.4 Å². The van der Waals surface area contributed by atoms with E-state index < -0.39 is 0 Å². The molecule has 0 radical (unpaired) electrons. The highest BCUT2D eigenvalue weighted by Crippen LogP contribution is 2.50. The summed E-state index contributed by atoms with van der Waals surface area (Å²) in [6.07, 6.45) is 13.6. The van der Waals surface area contributed by atoms with Crippen molar-refractivity contribution in [3.05, 3.63) is 142 Å². The molecule has 5 aromatic carbocycles. The quantitative estimate of drug-likeness (QED) is 0.0896. The molecular weight excluding hydrogens is 637 g/mol. The lowest BCUT2D eigenvalue weighted by Gasteiger charge is -2.42. The van der Waals surface area contributed by atoms with E-state index in [1.54, 1.807) is 0 Å². The molecule has 0 unspecified atom stereocenters. The summed E-state index contributed by atoms with van der Waals surface area (Å²) in [7, 11) is 0. The van der Waals surface area contributed by atoms with Gasteiger partial charge < -0.3 is 20.9 Å². The van der Waals surface area contributed by atoms with E-state index in [4.69, 9.17) is 20.9 Å². The fourth-order valence-corrected chi connectivity index (χ4v) is 8.23. The normalized spacial score (nSPS) is 14.3. The van der Waals surface area contributed by atoms with Gasteiger partial charge in [0.15, 0.2) is 0 Å². The highest BCUT2D eigenvalue weighted by atomic mass is 16.5. The van der Waals surface area contributed by atoms with Crippen molar-refractivity contribution < 1.29 is 9.47 Å². The van der Waals surface area contributed by atoms with Crippen LogP contribution in [0.2, 0.25) is 0 Å². The molecule has 4 heteroatoms. The van der Waals surface area contributed by atoms with E-state index in [-0.39, 0.29) is 5.41 Å². The van der Waals surface area contributed by atoms with Gasteiger partial charge in [-0.25, -0.2) is 0 Å². The second kappa shape index (κ2) is 16.8. The van der Waals surface area contributed by atoms with Crippen LogP contribution in [-0.2, 0) is 11.8 Å². The summed E-state index contributed by atoms with van der Waals surface area (Å²) in [4.78, 5) is 0. The van der Waals surface area contributed by atoms with Crippen LogP contribution in [0.25, 0.3) is 0 Å². The zero-order chi connectivity index (χ0) is 36.7. The molecule has 4 N–H and O–H groups in total. The molecular formula is C48H58N2O2. The lowest BCUT2D eigenvalue weighted by molar-refractivity contribution is 0.314. The van der Waals surface area contributed by atoms with Crippen molar-refractivity contribution in [3.63, 3.8) is 0 Å². The molecule has 0 spiro atoms. The molecule has 1 aliphatic rings. The van der Waals surface area contributed by atoms with Crippen LogP contribution < -0.4 is 20.9 Å². The predicted octanol–water partition coefficient (Wildman–Crippen LogP) is 13.2. The molecule has 1 aliphatic carbocycles. The topological polar surface area (TPSA) is 70.5 Å².